The summed E-state index contributed by atoms with van der Waals surface area (Å²) in [6.07, 6.45) is 3.80. The molecule has 2 fully saturated rings. The highest BCUT2D eigenvalue weighted by molar-refractivity contribution is 7.89. The molecule has 0 N–H and O–H groups in total. The topological polar surface area (TPSA) is 89.8 Å². The molecule has 168 valence electrons. The molecule has 0 bridgehead atoms. The first-order chi connectivity index (χ1) is 13.8. The average Bonchev–Trinajstić information content (AvgIpc) is 2.64. The van der Waals surface area contributed by atoms with Crippen molar-refractivity contribution in [3.63, 3.8) is 0 Å². The minimum absolute atomic E-state index is 0.0722. The van der Waals surface area contributed by atoms with Crippen LogP contribution in [0.15, 0.2) is 29.2 Å². The van der Waals surface area contributed by atoms with E-state index in [0.29, 0.717) is 25.6 Å². The number of rotatable bonds is 6. The van der Waals surface area contributed by atoms with Crippen molar-refractivity contribution in [3.05, 3.63) is 34.4 Å². The zero-order valence-corrected chi connectivity index (χ0v) is 20.5. The maximum atomic E-state index is 13.3. The summed E-state index contributed by atoms with van der Waals surface area (Å²) in [7, 11) is -5.79. The molecule has 1 atom stereocenters. The fourth-order valence-electron chi connectivity index (χ4n) is 4.32. The van der Waals surface area contributed by atoms with Crippen molar-refractivity contribution in [2.45, 2.75) is 69.5 Å². The van der Waals surface area contributed by atoms with Crippen LogP contribution in [0.3, 0.4) is 0 Å². The number of nitro groups is 1. The minimum Gasteiger partial charge on any atom is -0.417 e. The molecule has 3 rings (SSSR count). The average molecular weight is 455 g/mol. The predicted octanol–water partition coefficient (Wildman–Crippen LogP) is 4.80. The van der Waals surface area contributed by atoms with Crippen LogP contribution < -0.4 is 0 Å². The standard InChI is InChI=1S/C21H34N2O5SSi/c1-20(2,3)30(4,5)28-15-17-11-14-22(16-21(17)12-8-13-21)29(26,27)19-10-7-6-9-18(19)23(24)25/h6-7,9-10,17H,8,11-16H2,1-5H3. The molecule has 1 aromatic rings. The molecular weight excluding hydrogens is 420 g/mol. The molecule has 1 aromatic carbocycles. The Bertz CT molecular complexity index is 906. The van der Waals surface area contributed by atoms with E-state index in [0.717, 1.165) is 25.7 Å². The van der Waals surface area contributed by atoms with E-state index in [9.17, 15) is 18.5 Å². The Morgan fingerprint density at radius 2 is 1.90 bits per heavy atom. The Labute approximate surface area is 181 Å². The highest BCUT2D eigenvalue weighted by atomic mass is 32.2. The lowest BCUT2D eigenvalue weighted by atomic mass is 9.59. The van der Waals surface area contributed by atoms with Gasteiger partial charge < -0.3 is 4.43 Å². The number of hydrogen-bond donors (Lipinski definition) is 0. The Hall–Kier alpha value is -1.29. The summed E-state index contributed by atoms with van der Waals surface area (Å²) in [4.78, 5) is 10.5. The lowest BCUT2D eigenvalue weighted by Crippen LogP contribution is -2.56. The number of nitrogens with zero attached hydrogens (tertiary/aromatic N) is 2. The van der Waals surface area contributed by atoms with Gasteiger partial charge in [-0.25, -0.2) is 8.42 Å². The molecule has 1 saturated carbocycles. The van der Waals surface area contributed by atoms with Crippen LogP contribution in [-0.4, -0.2) is 45.7 Å². The van der Waals surface area contributed by atoms with Gasteiger partial charge in [-0.2, -0.15) is 4.31 Å². The summed E-state index contributed by atoms with van der Waals surface area (Å²) < 4.78 is 34.6. The second kappa shape index (κ2) is 8.00. The second-order valence-corrected chi connectivity index (χ2v) is 17.1. The van der Waals surface area contributed by atoms with Crippen molar-refractivity contribution >= 4 is 24.0 Å². The maximum Gasteiger partial charge on any atom is 0.289 e. The van der Waals surface area contributed by atoms with Gasteiger partial charge in [-0.05, 0) is 54.8 Å². The van der Waals surface area contributed by atoms with Crippen LogP contribution in [0.4, 0.5) is 5.69 Å². The Morgan fingerprint density at radius 3 is 2.43 bits per heavy atom. The van der Waals surface area contributed by atoms with E-state index in [2.05, 4.69) is 33.9 Å². The van der Waals surface area contributed by atoms with Gasteiger partial charge in [0.1, 0.15) is 0 Å². The van der Waals surface area contributed by atoms with E-state index in [4.69, 9.17) is 4.43 Å². The van der Waals surface area contributed by atoms with Gasteiger partial charge in [0.15, 0.2) is 13.2 Å². The van der Waals surface area contributed by atoms with E-state index in [1.54, 1.807) is 6.07 Å². The largest absolute Gasteiger partial charge is 0.417 e. The number of piperidine rings is 1. The molecule has 1 unspecified atom stereocenters. The van der Waals surface area contributed by atoms with Gasteiger partial charge in [0.05, 0.1) is 4.92 Å². The zero-order chi connectivity index (χ0) is 22.4. The highest BCUT2D eigenvalue weighted by Gasteiger charge is 2.51. The third kappa shape index (κ3) is 4.22. The van der Waals surface area contributed by atoms with E-state index >= 15 is 0 Å². The minimum atomic E-state index is -3.92. The van der Waals surface area contributed by atoms with E-state index in [-0.39, 0.29) is 21.0 Å². The Balaban J connectivity index is 1.79. The SMILES string of the molecule is CC(C)(C)[Si](C)(C)OCC1CCN(S(=O)(=O)c2ccccc2[N+](=O)[O-])CC12CCC2. The fourth-order valence-corrected chi connectivity index (χ4v) is 7.08. The van der Waals surface area contributed by atoms with Gasteiger partial charge in [-0.3, -0.25) is 10.1 Å². The van der Waals surface area contributed by atoms with Crippen LogP contribution >= 0.6 is 0 Å². The molecular formula is C21H34N2O5SSi. The summed E-state index contributed by atoms with van der Waals surface area (Å²) in [5, 5.41) is 11.5. The van der Waals surface area contributed by atoms with Crippen LogP contribution in [0.25, 0.3) is 0 Å². The lowest BCUT2D eigenvalue weighted by molar-refractivity contribution is -0.387. The first-order valence-electron chi connectivity index (χ1n) is 10.7. The van der Waals surface area contributed by atoms with Crippen molar-refractivity contribution in [1.29, 1.82) is 0 Å². The Morgan fingerprint density at radius 1 is 1.27 bits per heavy atom. The van der Waals surface area contributed by atoms with Gasteiger partial charge in [0.25, 0.3) is 5.69 Å². The molecule has 9 heteroatoms. The van der Waals surface area contributed by atoms with E-state index < -0.39 is 23.3 Å². The van der Waals surface area contributed by atoms with Crippen molar-refractivity contribution in [2.24, 2.45) is 11.3 Å². The van der Waals surface area contributed by atoms with Crippen LogP contribution in [0, 0.1) is 21.4 Å². The van der Waals surface area contributed by atoms with Gasteiger partial charge >= 0.3 is 0 Å². The van der Waals surface area contributed by atoms with Crippen LogP contribution in [0.1, 0.15) is 46.5 Å². The summed E-state index contributed by atoms with van der Waals surface area (Å²) in [6, 6.07) is 5.63. The molecule has 7 nitrogen and oxygen atoms in total. The third-order valence-electron chi connectivity index (χ3n) is 7.56. The Kier molecular flexibility index (Phi) is 6.23. The molecule has 0 radical (unpaired) electrons. The van der Waals surface area contributed by atoms with E-state index in [1.807, 2.05) is 0 Å². The van der Waals surface area contributed by atoms with Crippen LogP contribution in [0.5, 0.6) is 0 Å². The molecule has 0 aromatic heterocycles. The van der Waals surface area contributed by atoms with Crippen molar-refractivity contribution in [2.75, 3.05) is 19.7 Å². The van der Waals surface area contributed by atoms with E-state index in [1.165, 1.54) is 22.5 Å². The second-order valence-electron chi connectivity index (χ2n) is 10.3. The van der Waals surface area contributed by atoms with Gasteiger partial charge in [0.2, 0.25) is 10.0 Å². The smallest absolute Gasteiger partial charge is 0.289 e. The number of para-hydroxylation sites is 1. The quantitative estimate of drug-likeness (QED) is 0.350. The number of nitro benzene ring substituents is 1. The molecule has 1 aliphatic carbocycles. The fraction of sp³-hybridized carbons (Fsp3) is 0.714. The maximum absolute atomic E-state index is 13.3. The molecule has 0 amide bonds. The molecule has 1 aliphatic heterocycles. The summed E-state index contributed by atoms with van der Waals surface area (Å²) in [5.74, 6) is 0.331. The van der Waals surface area contributed by atoms with Crippen molar-refractivity contribution in [3.8, 4) is 0 Å². The van der Waals surface area contributed by atoms with Crippen LogP contribution in [-0.2, 0) is 14.4 Å². The predicted molar refractivity (Wildman–Crippen MR) is 119 cm³/mol. The lowest BCUT2D eigenvalue weighted by Gasteiger charge is -2.54. The zero-order valence-electron chi connectivity index (χ0n) is 18.7. The van der Waals surface area contributed by atoms with Gasteiger partial charge in [-0.1, -0.05) is 39.3 Å². The molecule has 1 heterocycles. The van der Waals surface area contributed by atoms with Crippen molar-refractivity contribution in [1.82, 2.24) is 4.31 Å². The molecule has 2 aliphatic rings. The van der Waals surface area contributed by atoms with Crippen LogP contribution in [0.2, 0.25) is 18.1 Å². The monoisotopic (exact) mass is 454 g/mol. The summed E-state index contributed by atoms with van der Waals surface area (Å²) in [5.41, 5.74) is -0.430. The van der Waals surface area contributed by atoms with Gasteiger partial charge in [-0.15, -0.1) is 0 Å². The van der Waals surface area contributed by atoms with Crippen molar-refractivity contribution < 1.29 is 17.8 Å². The first kappa shape index (κ1) is 23.4. The summed E-state index contributed by atoms with van der Waals surface area (Å²) >= 11 is 0. The first-order valence-corrected chi connectivity index (χ1v) is 15.0. The molecule has 1 spiro atoms. The van der Waals surface area contributed by atoms with Gasteiger partial charge in [0, 0.05) is 25.8 Å². The third-order valence-corrected chi connectivity index (χ3v) is 14.0. The summed E-state index contributed by atoms with van der Waals surface area (Å²) in [6.45, 7) is 12.6. The number of benzene rings is 1. The molecule has 30 heavy (non-hydrogen) atoms. The number of sulfonamides is 1. The number of hydrogen-bond acceptors (Lipinski definition) is 5. The molecule has 1 saturated heterocycles. The highest BCUT2D eigenvalue weighted by Crippen LogP contribution is 2.52. The normalized spacial score (nSPS) is 22.6.